The molecule has 0 aromatic carbocycles. The van der Waals surface area contributed by atoms with Crippen LogP contribution < -0.4 is 5.32 Å². The van der Waals surface area contributed by atoms with Crippen LogP contribution in [0, 0.1) is 13.8 Å². The summed E-state index contributed by atoms with van der Waals surface area (Å²) in [7, 11) is 1.92. The summed E-state index contributed by atoms with van der Waals surface area (Å²) in [6, 6.07) is 1.74. The van der Waals surface area contributed by atoms with Crippen molar-refractivity contribution in [2.75, 3.05) is 11.1 Å². The minimum absolute atomic E-state index is 0.0277. The molecule has 0 saturated carbocycles. The Balaban J connectivity index is 1.92. The van der Waals surface area contributed by atoms with Crippen LogP contribution in [0.2, 0.25) is 0 Å². The zero-order valence-corrected chi connectivity index (χ0v) is 14.9. The molecule has 9 heteroatoms. The molecular weight excluding hydrogens is 338 g/mol. The maximum atomic E-state index is 12.3. The van der Waals surface area contributed by atoms with Crippen molar-refractivity contribution in [2.24, 2.45) is 7.05 Å². The molecular formula is C16H17N7OS. The van der Waals surface area contributed by atoms with E-state index in [2.05, 4.69) is 25.5 Å². The molecule has 25 heavy (non-hydrogen) atoms. The summed E-state index contributed by atoms with van der Waals surface area (Å²) >= 11 is 1.58. The summed E-state index contributed by atoms with van der Waals surface area (Å²) < 4.78 is 3.45. The first-order valence-corrected chi connectivity index (χ1v) is 8.88. The van der Waals surface area contributed by atoms with E-state index in [9.17, 15) is 4.79 Å². The SMILES string of the molecule is Cc1nn(-c2ncccn2)c2c1[C@H](c1cnn(C)c1C)SCC(=O)N2. The van der Waals surface area contributed by atoms with Gasteiger partial charge in [0.25, 0.3) is 5.95 Å². The molecule has 8 nitrogen and oxygen atoms in total. The molecule has 128 valence electrons. The number of hydrogen-bond donors (Lipinski definition) is 1. The molecule has 0 bridgehead atoms. The highest BCUT2D eigenvalue weighted by Crippen LogP contribution is 2.44. The van der Waals surface area contributed by atoms with Crippen LogP contribution in [0.3, 0.4) is 0 Å². The lowest BCUT2D eigenvalue weighted by atomic mass is 10.1. The third-order valence-corrected chi connectivity index (χ3v) is 5.56. The fourth-order valence-electron chi connectivity index (χ4n) is 2.95. The molecule has 1 amide bonds. The average Bonchev–Trinajstić information content (AvgIpc) is 3.04. The third-order valence-electron chi connectivity index (χ3n) is 4.31. The Morgan fingerprint density at radius 3 is 2.72 bits per heavy atom. The highest BCUT2D eigenvalue weighted by molar-refractivity contribution is 8.00. The first kappa shape index (κ1) is 15.8. The van der Waals surface area contributed by atoms with Crippen LogP contribution >= 0.6 is 11.8 Å². The predicted molar refractivity (Wildman–Crippen MR) is 94.8 cm³/mol. The van der Waals surface area contributed by atoms with Gasteiger partial charge in [-0.05, 0) is 19.9 Å². The Morgan fingerprint density at radius 2 is 2.04 bits per heavy atom. The minimum atomic E-state index is -0.0626. The third kappa shape index (κ3) is 2.60. The number of fused-ring (bicyclic) bond motifs is 1. The highest BCUT2D eigenvalue weighted by Gasteiger charge is 2.32. The summed E-state index contributed by atoms with van der Waals surface area (Å²) in [4.78, 5) is 20.8. The van der Waals surface area contributed by atoms with Crippen molar-refractivity contribution < 1.29 is 4.79 Å². The van der Waals surface area contributed by atoms with Gasteiger partial charge in [-0.25, -0.2) is 9.97 Å². The minimum Gasteiger partial charge on any atom is -0.309 e. The standard InChI is InChI=1S/C16H17N7OS/c1-9-13-14(11-7-19-22(3)10(11)2)25-8-12(24)20-15(13)23(21-9)16-17-5-4-6-18-16/h4-7,14H,8H2,1-3H3,(H,20,24)/t14-/m0/s1. The number of amides is 1. The lowest BCUT2D eigenvalue weighted by Gasteiger charge is -2.14. The molecule has 3 aromatic heterocycles. The van der Waals surface area contributed by atoms with Gasteiger partial charge in [0.1, 0.15) is 5.82 Å². The molecule has 0 spiro atoms. The molecule has 0 unspecified atom stereocenters. The average molecular weight is 355 g/mol. The van der Waals surface area contributed by atoms with Crippen molar-refractivity contribution in [3.63, 3.8) is 0 Å². The van der Waals surface area contributed by atoms with Crippen LogP contribution in [0.5, 0.6) is 0 Å². The van der Waals surface area contributed by atoms with Crippen molar-refractivity contribution in [1.82, 2.24) is 29.5 Å². The van der Waals surface area contributed by atoms with Gasteiger partial charge in [0.15, 0.2) is 0 Å². The summed E-state index contributed by atoms with van der Waals surface area (Å²) in [5.41, 5.74) is 3.97. The van der Waals surface area contributed by atoms with Crippen molar-refractivity contribution in [3.8, 4) is 5.95 Å². The maximum absolute atomic E-state index is 12.3. The number of hydrogen-bond acceptors (Lipinski definition) is 6. The van der Waals surface area contributed by atoms with Crippen LogP contribution in [-0.4, -0.2) is 41.2 Å². The number of carbonyl (C=O) groups excluding carboxylic acids is 1. The van der Waals surface area contributed by atoms with Gasteiger partial charge in [0, 0.05) is 36.3 Å². The van der Waals surface area contributed by atoms with Crippen molar-refractivity contribution in [1.29, 1.82) is 0 Å². The van der Waals surface area contributed by atoms with E-state index in [4.69, 9.17) is 0 Å². The first-order chi connectivity index (χ1) is 12.1. The zero-order chi connectivity index (χ0) is 17.6. The largest absolute Gasteiger partial charge is 0.309 e. The molecule has 1 N–H and O–H groups in total. The van der Waals surface area contributed by atoms with Crippen LogP contribution in [0.25, 0.3) is 5.95 Å². The van der Waals surface area contributed by atoms with E-state index in [1.165, 1.54) is 0 Å². The van der Waals surface area contributed by atoms with Gasteiger partial charge in [0.2, 0.25) is 5.91 Å². The monoisotopic (exact) mass is 355 g/mol. The smallest absolute Gasteiger partial charge is 0.252 e. The molecule has 3 aromatic rings. The number of nitrogens with zero attached hydrogens (tertiary/aromatic N) is 6. The van der Waals surface area contributed by atoms with E-state index >= 15 is 0 Å². The molecule has 4 heterocycles. The van der Waals surface area contributed by atoms with Crippen LogP contribution in [-0.2, 0) is 11.8 Å². The molecule has 1 aliphatic rings. The summed E-state index contributed by atoms with van der Waals surface area (Å²) in [5, 5.41) is 11.9. The predicted octanol–water partition coefficient (Wildman–Crippen LogP) is 1.79. The molecule has 1 aliphatic heterocycles. The number of anilines is 1. The van der Waals surface area contributed by atoms with Crippen LogP contribution in [0.15, 0.2) is 24.7 Å². The second-order valence-electron chi connectivity index (χ2n) is 5.86. The number of thioether (sulfide) groups is 1. The maximum Gasteiger partial charge on any atom is 0.252 e. The van der Waals surface area contributed by atoms with Crippen molar-refractivity contribution in [3.05, 3.63) is 47.2 Å². The van der Waals surface area contributed by atoms with E-state index in [0.29, 0.717) is 17.5 Å². The van der Waals surface area contributed by atoms with Gasteiger partial charge in [-0.2, -0.15) is 14.9 Å². The van der Waals surface area contributed by atoms with E-state index in [0.717, 1.165) is 22.5 Å². The fraction of sp³-hybridized carbons (Fsp3) is 0.312. The van der Waals surface area contributed by atoms with Gasteiger partial charge in [-0.3, -0.25) is 9.48 Å². The Bertz CT molecular complexity index is 947. The number of nitrogens with one attached hydrogen (secondary N) is 1. The molecule has 0 aliphatic carbocycles. The van der Waals surface area contributed by atoms with Crippen molar-refractivity contribution in [2.45, 2.75) is 19.1 Å². The summed E-state index contributed by atoms with van der Waals surface area (Å²) in [5.74, 6) is 1.36. The van der Waals surface area contributed by atoms with Crippen molar-refractivity contribution >= 4 is 23.5 Å². The van der Waals surface area contributed by atoms with E-state index < -0.39 is 0 Å². The first-order valence-electron chi connectivity index (χ1n) is 7.83. The van der Waals surface area contributed by atoms with Crippen LogP contribution in [0.4, 0.5) is 5.82 Å². The fourth-order valence-corrected chi connectivity index (χ4v) is 4.20. The molecule has 0 saturated heterocycles. The van der Waals surface area contributed by atoms with E-state index in [1.807, 2.05) is 31.8 Å². The van der Waals surface area contributed by atoms with E-state index in [-0.39, 0.29) is 11.2 Å². The molecule has 0 radical (unpaired) electrons. The Hall–Kier alpha value is -2.68. The Labute approximate surface area is 148 Å². The lowest BCUT2D eigenvalue weighted by Crippen LogP contribution is -2.16. The number of rotatable bonds is 2. The van der Waals surface area contributed by atoms with Crippen LogP contribution in [0.1, 0.15) is 27.8 Å². The lowest BCUT2D eigenvalue weighted by molar-refractivity contribution is -0.113. The van der Waals surface area contributed by atoms with Gasteiger partial charge in [-0.15, -0.1) is 11.8 Å². The van der Waals surface area contributed by atoms with Gasteiger partial charge < -0.3 is 5.32 Å². The van der Waals surface area contributed by atoms with Gasteiger partial charge in [0.05, 0.1) is 22.9 Å². The second-order valence-corrected chi connectivity index (χ2v) is 6.95. The molecule has 4 rings (SSSR count). The number of carbonyl (C=O) groups is 1. The van der Waals surface area contributed by atoms with E-state index in [1.54, 1.807) is 34.9 Å². The summed E-state index contributed by atoms with van der Waals surface area (Å²) in [6.07, 6.45) is 5.17. The zero-order valence-electron chi connectivity index (χ0n) is 14.1. The summed E-state index contributed by atoms with van der Waals surface area (Å²) in [6.45, 7) is 3.97. The molecule has 1 atom stereocenters. The number of aryl methyl sites for hydroxylation is 2. The normalized spacial score (nSPS) is 17.1. The highest BCUT2D eigenvalue weighted by atomic mass is 32.2. The second kappa shape index (κ2) is 5.99. The number of aromatic nitrogens is 6. The Morgan fingerprint density at radius 1 is 1.28 bits per heavy atom. The Kier molecular flexibility index (Phi) is 3.79. The van der Waals surface area contributed by atoms with Gasteiger partial charge in [-0.1, -0.05) is 0 Å². The molecule has 0 fully saturated rings. The topological polar surface area (TPSA) is 90.5 Å². The van der Waals surface area contributed by atoms with Gasteiger partial charge >= 0.3 is 0 Å². The quantitative estimate of drug-likeness (QED) is 0.754.